The summed E-state index contributed by atoms with van der Waals surface area (Å²) in [5, 5.41) is 10.4. The van der Waals surface area contributed by atoms with E-state index in [2.05, 4.69) is 19.5 Å². The minimum atomic E-state index is -4.72. The van der Waals surface area contributed by atoms with Gasteiger partial charge in [-0.1, -0.05) is 0 Å². The van der Waals surface area contributed by atoms with E-state index in [1.54, 1.807) is 0 Å². The van der Waals surface area contributed by atoms with Gasteiger partial charge in [-0.2, -0.15) is 4.98 Å². The minimum absolute atomic E-state index is 0.00566. The lowest BCUT2D eigenvalue weighted by molar-refractivity contribution is -0.0527. The molecule has 0 amide bonds. The highest BCUT2D eigenvalue weighted by atomic mass is 31.2. The molecule has 3 heterocycles. The minimum Gasteiger partial charge on any atom is -0.386 e. The number of aromatic nitrogens is 4. The van der Waals surface area contributed by atoms with Crippen molar-refractivity contribution in [3.05, 3.63) is 16.7 Å². The first-order chi connectivity index (χ1) is 11.7. The second kappa shape index (κ2) is 6.46. The number of H-pyrrole nitrogens is 1. The summed E-state index contributed by atoms with van der Waals surface area (Å²) < 4.78 is 27.3. The van der Waals surface area contributed by atoms with Crippen molar-refractivity contribution in [3.63, 3.8) is 0 Å². The zero-order valence-electron chi connectivity index (χ0n) is 12.8. The Morgan fingerprint density at radius 3 is 2.88 bits per heavy atom. The number of hydrogen-bond donors (Lipinski definition) is 5. The molecule has 1 aliphatic heterocycles. The molecule has 1 saturated heterocycles. The van der Waals surface area contributed by atoms with Gasteiger partial charge < -0.3 is 30.1 Å². The van der Waals surface area contributed by atoms with E-state index >= 15 is 0 Å². The molecule has 13 nitrogen and oxygen atoms in total. The molecule has 4 atom stereocenters. The molecule has 3 rings (SSSR count). The third kappa shape index (κ3) is 3.43. The maximum absolute atomic E-state index is 11.8. The molecule has 1 fully saturated rings. The molecular weight excluding hydrogens is 361 g/mol. The number of imidazole rings is 1. The Bertz CT molecular complexity index is 877. The van der Waals surface area contributed by atoms with Gasteiger partial charge in [0.1, 0.15) is 18.3 Å². The molecule has 2 aromatic heterocycles. The fourth-order valence-electron chi connectivity index (χ4n) is 2.67. The van der Waals surface area contributed by atoms with E-state index in [-0.39, 0.29) is 17.1 Å². The van der Waals surface area contributed by atoms with Gasteiger partial charge >= 0.3 is 7.82 Å². The van der Waals surface area contributed by atoms with Crippen molar-refractivity contribution in [2.24, 2.45) is 0 Å². The van der Waals surface area contributed by atoms with Gasteiger partial charge in [-0.25, -0.2) is 9.55 Å². The van der Waals surface area contributed by atoms with Crippen LogP contribution in [0.3, 0.4) is 0 Å². The van der Waals surface area contributed by atoms with Crippen LogP contribution in [0.25, 0.3) is 11.2 Å². The number of methoxy groups -OCH3 is 1. The Morgan fingerprint density at radius 2 is 2.24 bits per heavy atom. The van der Waals surface area contributed by atoms with E-state index < -0.39 is 44.5 Å². The molecule has 2 aromatic rings. The lowest BCUT2D eigenvalue weighted by Crippen LogP contribution is -2.35. The number of nitrogens with two attached hydrogens (primary N) is 1. The number of hydrogen-bond acceptors (Lipinski definition) is 9. The number of phosphoric acid groups is 1. The quantitative estimate of drug-likeness (QED) is 0.364. The van der Waals surface area contributed by atoms with Gasteiger partial charge in [0.15, 0.2) is 17.4 Å². The predicted molar refractivity (Wildman–Crippen MR) is 81.3 cm³/mol. The van der Waals surface area contributed by atoms with E-state index in [1.807, 2.05) is 0 Å². The molecule has 25 heavy (non-hydrogen) atoms. The van der Waals surface area contributed by atoms with Crippen molar-refractivity contribution in [1.82, 2.24) is 19.5 Å². The second-order valence-electron chi connectivity index (χ2n) is 5.32. The number of nitrogens with one attached hydrogen (secondary N) is 1. The van der Waals surface area contributed by atoms with E-state index in [1.165, 1.54) is 18.0 Å². The third-order valence-electron chi connectivity index (χ3n) is 3.71. The van der Waals surface area contributed by atoms with E-state index in [9.17, 15) is 14.5 Å². The number of nitrogens with zero attached hydrogens (tertiary/aromatic N) is 3. The summed E-state index contributed by atoms with van der Waals surface area (Å²) in [6.07, 6.45) is -2.99. The van der Waals surface area contributed by atoms with Gasteiger partial charge in [0.2, 0.25) is 5.95 Å². The number of aliphatic hydroxyl groups is 1. The van der Waals surface area contributed by atoms with Gasteiger partial charge in [-0.05, 0) is 0 Å². The third-order valence-corrected chi connectivity index (χ3v) is 4.20. The fraction of sp³-hybridized carbons (Fsp3) is 0.545. The highest BCUT2D eigenvalue weighted by Gasteiger charge is 2.46. The average molecular weight is 377 g/mol. The van der Waals surface area contributed by atoms with Crippen LogP contribution in [0.4, 0.5) is 5.95 Å². The van der Waals surface area contributed by atoms with Crippen LogP contribution in [0.1, 0.15) is 6.23 Å². The number of anilines is 1. The fourth-order valence-corrected chi connectivity index (χ4v) is 3.02. The maximum atomic E-state index is 11.8. The predicted octanol–water partition coefficient (Wildman–Crippen LogP) is -1.92. The first-order valence-corrected chi connectivity index (χ1v) is 8.53. The molecule has 1 unspecified atom stereocenters. The number of aromatic amines is 1. The number of ether oxygens (including phenoxy) is 2. The van der Waals surface area contributed by atoms with Crippen molar-refractivity contribution in [2.45, 2.75) is 24.5 Å². The van der Waals surface area contributed by atoms with Crippen molar-refractivity contribution in [3.8, 4) is 0 Å². The zero-order valence-corrected chi connectivity index (χ0v) is 13.7. The van der Waals surface area contributed by atoms with E-state index in [0.29, 0.717) is 0 Å². The van der Waals surface area contributed by atoms with Gasteiger partial charge in [0.05, 0.1) is 12.9 Å². The largest absolute Gasteiger partial charge is 0.469 e. The lowest BCUT2D eigenvalue weighted by Gasteiger charge is -2.18. The lowest BCUT2D eigenvalue weighted by atomic mass is 10.1. The Morgan fingerprint density at radius 1 is 1.52 bits per heavy atom. The molecule has 1 aliphatic rings. The van der Waals surface area contributed by atoms with Crippen molar-refractivity contribution < 1.29 is 33.5 Å². The molecular formula is C11H16N5O8P. The van der Waals surface area contributed by atoms with Gasteiger partial charge in [-0.3, -0.25) is 18.9 Å². The maximum Gasteiger partial charge on any atom is 0.469 e. The Kier molecular flexibility index (Phi) is 4.64. The highest BCUT2D eigenvalue weighted by molar-refractivity contribution is 7.46. The van der Waals surface area contributed by atoms with Crippen LogP contribution >= 0.6 is 7.82 Å². The van der Waals surface area contributed by atoms with Crippen LogP contribution in [-0.2, 0) is 18.6 Å². The molecule has 0 aliphatic carbocycles. The number of phosphoric ester groups is 1. The summed E-state index contributed by atoms with van der Waals surface area (Å²) in [5.74, 6) is -0.142. The summed E-state index contributed by atoms with van der Waals surface area (Å²) >= 11 is 0. The molecule has 6 N–H and O–H groups in total. The van der Waals surface area contributed by atoms with Crippen LogP contribution in [0.15, 0.2) is 11.1 Å². The standard InChI is InChI=1S/C11H16N5O8P/c1-22-7-4(2-23-25(19,20)21)24-10(6(7)17)16-3-13-5-8(16)14-11(12)15-9(5)18/h3-4,6-7,10,17H,2H2,1H3,(H2,19,20,21)(H3,12,14,15,18)/t4-,6?,7+,10-/m1/s1. The first-order valence-electron chi connectivity index (χ1n) is 7.00. The summed E-state index contributed by atoms with van der Waals surface area (Å²) in [5.41, 5.74) is 5.04. The molecule has 0 radical (unpaired) electrons. The van der Waals surface area contributed by atoms with Crippen molar-refractivity contribution in [1.29, 1.82) is 0 Å². The molecule has 14 heteroatoms. The van der Waals surface area contributed by atoms with Crippen molar-refractivity contribution >= 4 is 24.9 Å². The molecule has 0 aromatic carbocycles. The Labute approximate surface area is 139 Å². The Balaban J connectivity index is 1.93. The molecule has 0 bridgehead atoms. The van der Waals surface area contributed by atoms with Crippen LogP contribution < -0.4 is 11.3 Å². The summed E-state index contributed by atoms with van der Waals surface area (Å²) in [4.78, 5) is 39.6. The smallest absolute Gasteiger partial charge is 0.386 e. The first kappa shape index (κ1) is 17.9. The highest BCUT2D eigenvalue weighted by Crippen LogP contribution is 2.39. The van der Waals surface area contributed by atoms with Gasteiger partial charge in [0, 0.05) is 7.11 Å². The molecule has 138 valence electrons. The molecule has 0 saturated carbocycles. The topological polar surface area (TPSA) is 195 Å². The summed E-state index contributed by atoms with van der Waals surface area (Å²) in [6.45, 7) is -0.515. The summed E-state index contributed by atoms with van der Waals surface area (Å²) in [6, 6.07) is 0. The van der Waals surface area contributed by atoms with Gasteiger partial charge in [-0.15, -0.1) is 0 Å². The van der Waals surface area contributed by atoms with Crippen LogP contribution in [-0.4, -0.2) is 66.4 Å². The van der Waals surface area contributed by atoms with Crippen molar-refractivity contribution in [2.75, 3.05) is 19.5 Å². The summed E-state index contributed by atoms with van der Waals surface area (Å²) in [7, 11) is -3.41. The van der Waals surface area contributed by atoms with Gasteiger partial charge in [0.25, 0.3) is 5.56 Å². The van der Waals surface area contributed by atoms with Crippen LogP contribution in [0, 0.1) is 0 Å². The number of rotatable bonds is 5. The van der Waals surface area contributed by atoms with Crippen LogP contribution in [0.2, 0.25) is 0 Å². The molecule has 0 spiro atoms. The monoisotopic (exact) mass is 377 g/mol. The number of nitrogen functional groups attached to an aromatic ring is 1. The normalized spacial score (nSPS) is 27.2. The zero-order chi connectivity index (χ0) is 18.4. The second-order valence-corrected chi connectivity index (χ2v) is 6.56. The van der Waals surface area contributed by atoms with E-state index in [0.717, 1.165) is 0 Å². The SMILES string of the molecule is CO[C@@H]1C(O)[C@H](n2cnc3c(=O)[nH]c(N)nc32)O[C@@H]1COP(=O)(O)O. The van der Waals surface area contributed by atoms with Crippen LogP contribution in [0.5, 0.6) is 0 Å². The average Bonchev–Trinajstić information content (AvgIpc) is 3.05. The number of fused-ring (bicyclic) bond motifs is 1. The number of aliphatic hydroxyl groups excluding tert-OH is 1. The van der Waals surface area contributed by atoms with E-state index in [4.69, 9.17) is 25.0 Å². The Hall–Kier alpha value is -1.86.